The van der Waals surface area contributed by atoms with Crippen LogP contribution in [-0.4, -0.2) is 12.2 Å². The van der Waals surface area contributed by atoms with Gasteiger partial charge in [-0.2, -0.15) is 0 Å². The number of nitrogens with two attached hydrogens (primary N) is 1. The summed E-state index contributed by atoms with van der Waals surface area (Å²) < 4.78 is 0. The van der Waals surface area contributed by atoms with Crippen molar-refractivity contribution in [2.45, 2.75) is 31.5 Å². The highest BCUT2D eigenvalue weighted by molar-refractivity contribution is 6.42. The molecule has 1 saturated heterocycles. The van der Waals surface area contributed by atoms with E-state index in [0.717, 1.165) is 12.0 Å². The van der Waals surface area contributed by atoms with Gasteiger partial charge in [0.05, 0.1) is 16.2 Å². The van der Waals surface area contributed by atoms with Crippen LogP contribution in [0.1, 0.15) is 24.8 Å². The van der Waals surface area contributed by atoms with E-state index in [9.17, 15) is 0 Å². The lowest BCUT2D eigenvalue weighted by Crippen LogP contribution is -2.38. The molecule has 1 aromatic carbocycles. The van der Waals surface area contributed by atoms with Crippen LogP contribution in [0.4, 0.5) is 0 Å². The first-order chi connectivity index (χ1) is 7.63. The molecule has 1 heterocycles. The molecule has 0 radical (unpaired) electrons. The maximum absolute atomic E-state index is 6.02. The van der Waals surface area contributed by atoms with Gasteiger partial charge in [-0.05, 0) is 24.1 Å². The Morgan fingerprint density at radius 1 is 1.25 bits per heavy atom. The van der Waals surface area contributed by atoms with Crippen LogP contribution >= 0.6 is 23.2 Å². The van der Waals surface area contributed by atoms with Gasteiger partial charge in [0.1, 0.15) is 0 Å². The third-order valence-corrected chi connectivity index (χ3v) is 3.76. The lowest BCUT2D eigenvalue weighted by molar-refractivity contribution is 0.511. The highest BCUT2D eigenvalue weighted by Gasteiger charge is 2.33. The minimum absolute atomic E-state index is 0.0952. The van der Waals surface area contributed by atoms with E-state index in [1.165, 1.54) is 0 Å². The van der Waals surface area contributed by atoms with Gasteiger partial charge < -0.3 is 5.73 Å². The van der Waals surface area contributed by atoms with Gasteiger partial charge in [0.15, 0.2) is 0 Å². The molecule has 5 heteroatoms. The summed E-state index contributed by atoms with van der Waals surface area (Å²) >= 11 is 11.9. The Labute approximate surface area is 105 Å². The Hall–Kier alpha value is -0.320. The molecular formula is C11H15Cl2N3. The molecule has 0 spiro atoms. The van der Waals surface area contributed by atoms with Gasteiger partial charge in [0, 0.05) is 12.0 Å². The van der Waals surface area contributed by atoms with Crippen LogP contribution in [0.2, 0.25) is 10.0 Å². The maximum atomic E-state index is 6.02. The van der Waals surface area contributed by atoms with E-state index in [1.807, 2.05) is 18.2 Å². The lowest BCUT2D eigenvalue weighted by atomic mass is 9.89. The van der Waals surface area contributed by atoms with Crippen molar-refractivity contribution in [1.29, 1.82) is 0 Å². The van der Waals surface area contributed by atoms with Crippen molar-refractivity contribution in [2.24, 2.45) is 5.73 Å². The molecule has 1 fully saturated rings. The van der Waals surface area contributed by atoms with Crippen LogP contribution in [0.5, 0.6) is 0 Å². The number of hydrogen-bond donors (Lipinski definition) is 3. The summed E-state index contributed by atoms with van der Waals surface area (Å²) in [6, 6.07) is 6.02. The first kappa shape index (κ1) is 12.1. The smallest absolute Gasteiger partial charge is 0.0764 e. The summed E-state index contributed by atoms with van der Waals surface area (Å²) in [5.41, 5.74) is 13.4. The fourth-order valence-electron chi connectivity index (χ4n) is 2.15. The van der Waals surface area contributed by atoms with Crippen LogP contribution < -0.4 is 16.6 Å². The second kappa shape index (κ2) is 4.90. The second-order valence-corrected chi connectivity index (χ2v) is 4.84. The zero-order valence-corrected chi connectivity index (χ0v) is 10.5. The first-order valence-corrected chi connectivity index (χ1v) is 6.10. The van der Waals surface area contributed by atoms with Gasteiger partial charge in [-0.25, -0.2) is 5.43 Å². The molecule has 3 atom stereocenters. The Morgan fingerprint density at radius 3 is 2.62 bits per heavy atom. The summed E-state index contributed by atoms with van der Waals surface area (Å²) in [4.78, 5) is 0. The minimum atomic E-state index is -0.0952. The van der Waals surface area contributed by atoms with Crippen molar-refractivity contribution in [3.05, 3.63) is 33.8 Å². The Kier molecular flexibility index (Phi) is 3.72. The fraction of sp³-hybridized carbons (Fsp3) is 0.455. The highest BCUT2D eigenvalue weighted by atomic mass is 35.5. The fourth-order valence-corrected chi connectivity index (χ4v) is 2.45. The molecule has 3 nitrogen and oxygen atoms in total. The van der Waals surface area contributed by atoms with Crippen molar-refractivity contribution in [3.8, 4) is 0 Å². The lowest BCUT2D eigenvalue weighted by Gasteiger charge is -2.20. The SMILES string of the molecule is CCC1NNC(N)C1c1ccc(Cl)c(Cl)c1. The quantitative estimate of drug-likeness (QED) is 0.764. The molecule has 4 N–H and O–H groups in total. The van der Waals surface area contributed by atoms with Crippen LogP contribution in [0.3, 0.4) is 0 Å². The summed E-state index contributed by atoms with van der Waals surface area (Å²) in [5, 5.41) is 1.15. The van der Waals surface area contributed by atoms with E-state index in [-0.39, 0.29) is 12.1 Å². The average Bonchev–Trinajstić information content (AvgIpc) is 2.64. The number of rotatable bonds is 2. The van der Waals surface area contributed by atoms with E-state index >= 15 is 0 Å². The normalized spacial score (nSPS) is 29.6. The summed E-state index contributed by atoms with van der Waals surface area (Å²) in [6.07, 6.45) is 0.910. The largest absolute Gasteiger partial charge is 0.314 e. The summed E-state index contributed by atoms with van der Waals surface area (Å²) in [7, 11) is 0. The minimum Gasteiger partial charge on any atom is -0.314 e. The van der Waals surface area contributed by atoms with Gasteiger partial charge in [-0.15, -0.1) is 0 Å². The number of halogens is 2. The molecule has 0 aliphatic carbocycles. The van der Waals surface area contributed by atoms with E-state index in [4.69, 9.17) is 28.9 Å². The predicted octanol–water partition coefficient (Wildman–Crippen LogP) is 2.25. The molecule has 1 aliphatic heterocycles. The zero-order chi connectivity index (χ0) is 11.7. The number of hydrazine groups is 1. The standard InChI is InChI=1S/C11H15Cl2N3/c1-2-9-10(11(14)16-15-9)6-3-4-7(12)8(13)5-6/h3-5,9-11,15-16H,2,14H2,1H3. The highest BCUT2D eigenvalue weighted by Crippen LogP contribution is 2.31. The van der Waals surface area contributed by atoms with Crippen molar-refractivity contribution >= 4 is 23.2 Å². The van der Waals surface area contributed by atoms with E-state index in [1.54, 1.807) is 0 Å². The first-order valence-electron chi connectivity index (χ1n) is 5.35. The Balaban J connectivity index is 2.31. The van der Waals surface area contributed by atoms with E-state index in [0.29, 0.717) is 16.1 Å². The zero-order valence-electron chi connectivity index (χ0n) is 9.00. The molecule has 2 rings (SSSR count). The number of nitrogens with one attached hydrogen (secondary N) is 2. The molecule has 0 saturated carbocycles. The number of benzene rings is 1. The van der Waals surface area contributed by atoms with Gasteiger partial charge >= 0.3 is 0 Å². The molecule has 1 aliphatic rings. The average molecular weight is 260 g/mol. The molecule has 1 aromatic rings. The maximum Gasteiger partial charge on any atom is 0.0764 e. The molecule has 16 heavy (non-hydrogen) atoms. The van der Waals surface area contributed by atoms with Crippen LogP contribution in [-0.2, 0) is 0 Å². The van der Waals surface area contributed by atoms with Crippen molar-refractivity contribution < 1.29 is 0 Å². The number of hydrogen-bond acceptors (Lipinski definition) is 3. The van der Waals surface area contributed by atoms with E-state index in [2.05, 4.69) is 17.8 Å². The molecule has 0 bridgehead atoms. The van der Waals surface area contributed by atoms with Crippen molar-refractivity contribution in [2.75, 3.05) is 0 Å². The van der Waals surface area contributed by atoms with Crippen LogP contribution in [0.15, 0.2) is 18.2 Å². The molecule has 0 aromatic heterocycles. The summed E-state index contributed by atoms with van der Waals surface area (Å²) in [5.74, 6) is 0.222. The van der Waals surface area contributed by atoms with Gasteiger partial charge in [0.25, 0.3) is 0 Å². The topological polar surface area (TPSA) is 50.1 Å². The van der Waals surface area contributed by atoms with Gasteiger partial charge in [-0.3, -0.25) is 5.43 Å². The Bertz CT molecular complexity index is 383. The van der Waals surface area contributed by atoms with Crippen LogP contribution in [0.25, 0.3) is 0 Å². The third kappa shape index (κ3) is 2.19. The third-order valence-electron chi connectivity index (χ3n) is 3.02. The predicted molar refractivity (Wildman–Crippen MR) is 67.5 cm³/mol. The molecular weight excluding hydrogens is 245 g/mol. The molecule has 0 amide bonds. The van der Waals surface area contributed by atoms with Gasteiger partial charge in [0.2, 0.25) is 0 Å². The summed E-state index contributed by atoms with van der Waals surface area (Å²) in [6.45, 7) is 2.13. The van der Waals surface area contributed by atoms with Gasteiger partial charge in [-0.1, -0.05) is 36.2 Å². The van der Waals surface area contributed by atoms with E-state index < -0.39 is 0 Å². The second-order valence-electron chi connectivity index (χ2n) is 4.03. The molecule has 88 valence electrons. The Morgan fingerprint density at radius 2 is 2.00 bits per heavy atom. The molecule has 3 unspecified atom stereocenters. The monoisotopic (exact) mass is 259 g/mol. The van der Waals surface area contributed by atoms with Crippen molar-refractivity contribution in [3.63, 3.8) is 0 Å². The van der Waals surface area contributed by atoms with Crippen molar-refractivity contribution in [1.82, 2.24) is 10.9 Å². The van der Waals surface area contributed by atoms with Crippen LogP contribution in [0, 0.1) is 0 Å².